The zero-order valence-corrected chi connectivity index (χ0v) is 15.7. The van der Waals surface area contributed by atoms with Gasteiger partial charge < -0.3 is 5.32 Å². The number of thiazole rings is 1. The van der Waals surface area contributed by atoms with Gasteiger partial charge in [0.2, 0.25) is 5.91 Å². The van der Waals surface area contributed by atoms with Crippen LogP contribution in [-0.2, 0) is 11.3 Å². The lowest BCUT2D eigenvalue weighted by atomic mass is 10.3. The van der Waals surface area contributed by atoms with E-state index in [2.05, 4.69) is 15.3 Å². The minimum absolute atomic E-state index is 0.231. The van der Waals surface area contributed by atoms with Crippen molar-refractivity contribution in [2.45, 2.75) is 13.5 Å². The summed E-state index contributed by atoms with van der Waals surface area (Å²) >= 11 is 2.80. The highest BCUT2D eigenvalue weighted by Gasteiger charge is 2.18. The number of benzene rings is 1. The highest BCUT2D eigenvalue weighted by molar-refractivity contribution is 7.18. The van der Waals surface area contributed by atoms with Gasteiger partial charge in [0.15, 0.2) is 0 Å². The molecule has 0 saturated heterocycles. The van der Waals surface area contributed by atoms with Gasteiger partial charge in [-0.15, -0.1) is 22.7 Å². The largest absolute Gasteiger partial charge is 0.349 e. The van der Waals surface area contributed by atoms with Gasteiger partial charge >= 0.3 is 5.69 Å². The molecule has 9 heteroatoms. The highest BCUT2D eigenvalue weighted by Crippen LogP contribution is 2.31. The number of aryl methyl sites for hydroxylation is 1. The van der Waals surface area contributed by atoms with Gasteiger partial charge in [0.05, 0.1) is 9.88 Å². The molecule has 4 aromatic rings. The van der Waals surface area contributed by atoms with E-state index < -0.39 is 17.4 Å². The molecule has 0 bridgehead atoms. The van der Waals surface area contributed by atoms with E-state index in [-0.39, 0.29) is 6.54 Å². The average Bonchev–Trinajstić information content (AvgIpc) is 3.26. The molecule has 0 aliphatic rings. The zero-order valence-electron chi connectivity index (χ0n) is 14.1. The van der Waals surface area contributed by atoms with E-state index in [9.17, 15) is 14.0 Å². The van der Waals surface area contributed by atoms with Crippen molar-refractivity contribution >= 4 is 44.6 Å². The molecule has 4 rings (SSSR count). The average molecular weight is 400 g/mol. The first-order valence-electron chi connectivity index (χ1n) is 7.98. The van der Waals surface area contributed by atoms with Crippen LogP contribution in [0.1, 0.15) is 5.01 Å². The van der Waals surface area contributed by atoms with Crippen LogP contribution in [0.5, 0.6) is 0 Å². The zero-order chi connectivity index (χ0) is 19.0. The fourth-order valence-corrected chi connectivity index (χ4v) is 4.31. The molecule has 1 aromatic carbocycles. The number of amides is 1. The summed E-state index contributed by atoms with van der Waals surface area (Å²) in [7, 11) is 0. The summed E-state index contributed by atoms with van der Waals surface area (Å²) in [5, 5.41) is 5.27. The van der Waals surface area contributed by atoms with Gasteiger partial charge in [-0.05, 0) is 36.6 Å². The van der Waals surface area contributed by atoms with Crippen LogP contribution in [0.15, 0.2) is 46.6 Å². The number of hydrogen-bond donors (Lipinski definition) is 1. The fourth-order valence-electron chi connectivity index (χ4n) is 2.68. The van der Waals surface area contributed by atoms with E-state index in [4.69, 9.17) is 0 Å². The van der Waals surface area contributed by atoms with E-state index in [0.717, 1.165) is 9.88 Å². The smallest absolute Gasteiger partial charge is 0.324 e. The molecule has 3 heterocycles. The Hall–Kier alpha value is -2.91. The van der Waals surface area contributed by atoms with E-state index in [1.54, 1.807) is 6.07 Å². The van der Waals surface area contributed by atoms with Crippen LogP contribution in [0.2, 0.25) is 0 Å². The lowest BCUT2D eigenvalue weighted by molar-refractivity contribution is -0.116. The van der Waals surface area contributed by atoms with Crippen LogP contribution in [0.3, 0.4) is 0 Å². The number of halogens is 1. The van der Waals surface area contributed by atoms with Gasteiger partial charge in [-0.1, -0.05) is 12.1 Å². The number of hydrogen-bond acceptors (Lipinski definition) is 6. The number of fused-ring (bicyclic) bond motifs is 1. The summed E-state index contributed by atoms with van der Waals surface area (Å²) in [5.74, 6) is -0.895. The van der Waals surface area contributed by atoms with Crippen molar-refractivity contribution in [3.05, 3.63) is 63.1 Å². The monoisotopic (exact) mass is 400 g/mol. The molecule has 0 atom stereocenters. The maximum Gasteiger partial charge on any atom is 0.349 e. The standard InChI is InChI=1S/C18H13FN4O2S2/c1-10-20-16-15(13-6-3-7-26-13)22-18(25)23(17(16)27-10)9-14(24)21-12-5-2-4-11(19)8-12/h2-8H,9H2,1H3,(H,21,24). The second kappa shape index (κ2) is 7.01. The Balaban J connectivity index is 1.72. The maximum absolute atomic E-state index is 13.3. The molecular weight excluding hydrogens is 387 g/mol. The van der Waals surface area contributed by atoms with Crippen LogP contribution in [0.4, 0.5) is 10.1 Å². The molecule has 0 saturated carbocycles. The predicted octanol–water partition coefficient (Wildman–Crippen LogP) is 3.67. The third kappa shape index (κ3) is 3.51. The molecule has 0 aliphatic heterocycles. The first-order valence-corrected chi connectivity index (χ1v) is 9.68. The molecule has 1 N–H and O–H groups in total. The number of carbonyl (C=O) groups excluding carboxylic acids is 1. The van der Waals surface area contributed by atoms with Crippen LogP contribution < -0.4 is 11.0 Å². The molecule has 6 nitrogen and oxygen atoms in total. The minimum atomic E-state index is -0.524. The van der Waals surface area contributed by atoms with Crippen molar-refractivity contribution in [1.29, 1.82) is 0 Å². The summed E-state index contributed by atoms with van der Waals surface area (Å²) < 4.78 is 14.6. The maximum atomic E-state index is 13.3. The van der Waals surface area contributed by atoms with Crippen LogP contribution in [0.25, 0.3) is 20.9 Å². The molecule has 136 valence electrons. The number of nitrogens with zero attached hydrogens (tertiary/aromatic N) is 3. The molecule has 3 aromatic heterocycles. The predicted molar refractivity (Wildman–Crippen MR) is 105 cm³/mol. The molecule has 0 fully saturated rings. The Bertz CT molecular complexity index is 1200. The third-order valence-corrected chi connectivity index (χ3v) is 5.66. The molecule has 0 unspecified atom stereocenters. The lowest BCUT2D eigenvalue weighted by Crippen LogP contribution is -2.29. The Morgan fingerprint density at radius 1 is 1.26 bits per heavy atom. The summed E-state index contributed by atoms with van der Waals surface area (Å²) in [6, 6.07) is 9.34. The first kappa shape index (κ1) is 17.5. The van der Waals surface area contributed by atoms with Gasteiger partial charge in [-0.3, -0.25) is 9.36 Å². The van der Waals surface area contributed by atoms with Crippen LogP contribution >= 0.6 is 22.7 Å². The van der Waals surface area contributed by atoms with Crippen LogP contribution in [-0.4, -0.2) is 20.4 Å². The van der Waals surface area contributed by atoms with Crippen molar-refractivity contribution in [2.75, 3.05) is 5.32 Å². The molecular formula is C18H13FN4O2S2. The second-order valence-corrected chi connectivity index (χ2v) is 7.88. The van der Waals surface area contributed by atoms with E-state index in [0.29, 0.717) is 21.7 Å². The number of rotatable bonds is 4. The SMILES string of the molecule is Cc1nc2c(-c3cccs3)nc(=O)n(CC(=O)Nc3cccc(F)c3)c2s1. The molecule has 0 radical (unpaired) electrons. The highest BCUT2D eigenvalue weighted by atomic mass is 32.1. The number of aromatic nitrogens is 3. The summed E-state index contributed by atoms with van der Waals surface area (Å²) in [5.41, 5.74) is 0.922. The number of anilines is 1. The van der Waals surface area contributed by atoms with Crippen molar-refractivity contribution in [3.63, 3.8) is 0 Å². The summed E-state index contributed by atoms with van der Waals surface area (Å²) in [6.07, 6.45) is 0. The fraction of sp³-hybridized carbons (Fsp3) is 0.111. The Kier molecular flexibility index (Phi) is 4.54. The normalized spacial score (nSPS) is 11.0. The molecule has 1 amide bonds. The topological polar surface area (TPSA) is 76.9 Å². The molecule has 0 aliphatic carbocycles. The Labute approximate surface area is 161 Å². The Morgan fingerprint density at radius 2 is 2.11 bits per heavy atom. The van der Waals surface area contributed by atoms with Gasteiger partial charge in [0.25, 0.3) is 0 Å². The van der Waals surface area contributed by atoms with Gasteiger partial charge in [-0.2, -0.15) is 4.98 Å². The first-order chi connectivity index (χ1) is 13.0. The number of nitrogens with one attached hydrogen (secondary N) is 1. The van der Waals surface area contributed by atoms with E-state index in [1.165, 1.54) is 45.4 Å². The van der Waals surface area contributed by atoms with Crippen molar-refractivity contribution in [1.82, 2.24) is 14.5 Å². The molecule has 0 spiro atoms. The van der Waals surface area contributed by atoms with Gasteiger partial charge in [0, 0.05) is 5.69 Å². The summed E-state index contributed by atoms with van der Waals surface area (Å²) in [6.45, 7) is 1.61. The minimum Gasteiger partial charge on any atom is -0.324 e. The quantitative estimate of drug-likeness (QED) is 0.567. The van der Waals surface area contributed by atoms with Crippen LogP contribution in [0, 0.1) is 12.7 Å². The van der Waals surface area contributed by atoms with Gasteiger partial charge in [-0.25, -0.2) is 14.2 Å². The second-order valence-electron chi connectivity index (χ2n) is 5.75. The van der Waals surface area contributed by atoms with Gasteiger partial charge in [0.1, 0.15) is 28.4 Å². The third-order valence-electron chi connectivity index (χ3n) is 3.79. The number of thiophene rings is 1. The van der Waals surface area contributed by atoms with E-state index in [1.807, 2.05) is 24.4 Å². The number of carbonyl (C=O) groups is 1. The Morgan fingerprint density at radius 3 is 2.85 bits per heavy atom. The van der Waals surface area contributed by atoms with E-state index >= 15 is 0 Å². The van der Waals surface area contributed by atoms with Crippen molar-refractivity contribution in [2.24, 2.45) is 0 Å². The summed E-state index contributed by atoms with van der Waals surface area (Å²) in [4.78, 5) is 35.1. The van der Waals surface area contributed by atoms with Crippen molar-refractivity contribution in [3.8, 4) is 10.6 Å². The molecule has 27 heavy (non-hydrogen) atoms. The lowest BCUT2D eigenvalue weighted by Gasteiger charge is -2.09. The van der Waals surface area contributed by atoms with Crippen molar-refractivity contribution < 1.29 is 9.18 Å².